The standard InChI is InChI=1S/C21H30N6/c1-22-21(25-13-10-19-8-4-5-11-23-19)26-17-18-9-12-24-20(16-18)27-14-6-2-3-7-15-27/h4-5,8-9,11-12,16H,2-3,6-7,10,13-15,17H2,1H3,(H2,22,25,26). The number of aromatic nitrogens is 2. The first kappa shape index (κ1) is 19.1. The van der Waals surface area contributed by atoms with Gasteiger partial charge in [0.15, 0.2) is 5.96 Å². The highest BCUT2D eigenvalue weighted by Crippen LogP contribution is 2.18. The number of nitrogens with one attached hydrogen (secondary N) is 2. The highest BCUT2D eigenvalue weighted by atomic mass is 15.2. The molecule has 0 unspecified atom stereocenters. The molecular weight excluding hydrogens is 336 g/mol. The summed E-state index contributed by atoms with van der Waals surface area (Å²) in [5.41, 5.74) is 2.30. The fraction of sp³-hybridized carbons (Fsp3) is 0.476. The first-order valence-corrected chi connectivity index (χ1v) is 9.89. The van der Waals surface area contributed by atoms with Crippen LogP contribution in [0.5, 0.6) is 0 Å². The molecule has 1 aliphatic rings. The smallest absolute Gasteiger partial charge is 0.191 e. The van der Waals surface area contributed by atoms with Crippen LogP contribution in [0.15, 0.2) is 47.7 Å². The molecule has 1 fully saturated rings. The fourth-order valence-electron chi connectivity index (χ4n) is 3.30. The maximum Gasteiger partial charge on any atom is 0.191 e. The molecule has 144 valence electrons. The Hall–Kier alpha value is -2.63. The molecule has 2 aromatic rings. The average Bonchev–Trinajstić information content (AvgIpc) is 3.01. The molecule has 0 aliphatic carbocycles. The number of pyridine rings is 2. The summed E-state index contributed by atoms with van der Waals surface area (Å²) in [5.74, 6) is 1.90. The second kappa shape index (κ2) is 10.5. The van der Waals surface area contributed by atoms with Gasteiger partial charge in [0, 0.05) is 57.7 Å². The van der Waals surface area contributed by atoms with Crippen molar-refractivity contribution < 1.29 is 0 Å². The Labute approximate surface area is 162 Å². The molecule has 0 radical (unpaired) electrons. The van der Waals surface area contributed by atoms with Crippen molar-refractivity contribution >= 4 is 11.8 Å². The number of rotatable bonds is 6. The molecule has 1 saturated heterocycles. The van der Waals surface area contributed by atoms with Gasteiger partial charge in [-0.25, -0.2) is 4.98 Å². The summed E-state index contributed by atoms with van der Waals surface area (Å²) in [7, 11) is 1.80. The monoisotopic (exact) mass is 366 g/mol. The lowest BCUT2D eigenvalue weighted by atomic mass is 10.2. The van der Waals surface area contributed by atoms with E-state index in [-0.39, 0.29) is 0 Å². The molecule has 3 heterocycles. The maximum absolute atomic E-state index is 4.58. The predicted octanol–water partition coefficient (Wildman–Crippen LogP) is 2.76. The van der Waals surface area contributed by atoms with E-state index in [9.17, 15) is 0 Å². The lowest BCUT2D eigenvalue weighted by Gasteiger charge is -2.22. The zero-order chi connectivity index (χ0) is 18.7. The van der Waals surface area contributed by atoms with E-state index in [1.165, 1.54) is 31.2 Å². The van der Waals surface area contributed by atoms with Gasteiger partial charge in [-0.1, -0.05) is 18.9 Å². The van der Waals surface area contributed by atoms with Gasteiger partial charge in [-0.15, -0.1) is 0 Å². The van der Waals surface area contributed by atoms with Gasteiger partial charge in [-0.05, 0) is 42.7 Å². The molecule has 1 aliphatic heterocycles. The Morgan fingerprint density at radius 1 is 1.04 bits per heavy atom. The Bertz CT molecular complexity index is 708. The highest BCUT2D eigenvalue weighted by molar-refractivity contribution is 5.79. The largest absolute Gasteiger partial charge is 0.357 e. The van der Waals surface area contributed by atoms with Gasteiger partial charge < -0.3 is 15.5 Å². The number of guanidine groups is 1. The fourth-order valence-corrected chi connectivity index (χ4v) is 3.30. The normalized spacial score (nSPS) is 15.3. The number of hydrogen-bond donors (Lipinski definition) is 2. The van der Waals surface area contributed by atoms with Gasteiger partial charge in [-0.3, -0.25) is 9.98 Å². The van der Waals surface area contributed by atoms with Crippen LogP contribution in [0, 0.1) is 0 Å². The van der Waals surface area contributed by atoms with E-state index < -0.39 is 0 Å². The maximum atomic E-state index is 4.58. The minimum Gasteiger partial charge on any atom is -0.357 e. The van der Waals surface area contributed by atoms with Crippen molar-refractivity contribution in [2.45, 2.75) is 38.6 Å². The molecule has 0 amide bonds. The SMILES string of the molecule is CN=C(NCCc1ccccn1)NCc1ccnc(N2CCCCCC2)c1. The van der Waals surface area contributed by atoms with Crippen molar-refractivity contribution in [3.05, 3.63) is 54.0 Å². The third-order valence-corrected chi connectivity index (χ3v) is 4.82. The Balaban J connectivity index is 1.48. The van der Waals surface area contributed by atoms with Crippen molar-refractivity contribution in [2.24, 2.45) is 4.99 Å². The second-order valence-electron chi connectivity index (χ2n) is 6.85. The van der Waals surface area contributed by atoms with Crippen LogP contribution in [-0.4, -0.2) is 42.6 Å². The molecule has 0 spiro atoms. The molecule has 0 saturated carbocycles. The van der Waals surface area contributed by atoms with Gasteiger partial charge in [0.25, 0.3) is 0 Å². The zero-order valence-corrected chi connectivity index (χ0v) is 16.2. The molecule has 0 atom stereocenters. The number of hydrogen-bond acceptors (Lipinski definition) is 4. The van der Waals surface area contributed by atoms with Crippen molar-refractivity contribution in [1.82, 2.24) is 20.6 Å². The first-order chi connectivity index (χ1) is 13.3. The van der Waals surface area contributed by atoms with Crippen LogP contribution < -0.4 is 15.5 Å². The summed E-state index contributed by atoms with van der Waals surface area (Å²) in [5, 5.41) is 6.73. The van der Waals surface area contributed by atoms with E-state index in [1.54, 1.807) is 7.05 Å². The summed E-state index contributed by atoms with van der Waals surface area (Å²) in [6, 6.07) is 10.3. The van der Waals surface area contributed by atoms with Crippen LogP contribution in [0.1, 0.15) is 36.9 Å². The summed E-state index contributed by atoms with van der Waals surface area (Å²) in [4.78, 5) is 15.6. The Morgan fingerprint density at radius 2 is 1.89 bits per heavy atom. The number of anilines is 1. The lowest BCUT2D eigenvalue weighted by molar-refractivity contribution is 0.726. The van der Waals surface area contributed by atoms with Crippen molar-refractivity contribution in [3.8, 4) is 0 Å². The van der Waals surface area contributed by atoms with E-state index in [0.717, 1.165) is 50.1 Å². The molecular formula is C21H30N6. The summed E-state index contributed by atoms with van der Waals surface area (Å²) >= 11 is 0. The molecule has 2 aromatic heterocycles. The summed E-state index contributed by atoms with van der Waals surface area (Å²) in [6.07, 6.45) is 9.79. The minimum atomic E-state index is 0.729. The number of nitrogens with zero attached hydrogens (tertiary/aromatic N) is 4. The van der Waals surface area contributed by atoms with Crippen LogP contribution in [0.25, 0.3) is 0 Å². The van der Waals surface area contributed by atoms with E-state index in [4.69, 9.17) is 0 Å². The highest BCUT2D eigenvalue weighted by Gasteiger charge is 2.11. The van der Waals surface area contributed by atoms with Gasteiger partial charge in [-0.2, -0.15) is 0 Å². The first-order valence-electron chi connectivity index (χ1n) is 9.89. The van der Waals surface area contributed by atoms with Crippen molar-refractivity contribution in [1.29, 1.82) is 0 Å². The van der Waals surface area contributed by atoms with Crippen LogP contribution in [0.3, 0.4) is 0 Å². The van der Waals surface area contributed by atoms with Crippen molar-refractivity contribution in [2.75, 3.05) is 31.6 Å². The zero-order valence-electron chi connectivity index (χ0n) is 16.2. The molecule has 0 aromatic carbocycles. The summed E-state index contributed by atoms with van der Waals surface area (Å²) in [6.45, 7) is 3.75. The second-order valence-corrected chi connectivity index (χ2v) is 6.85. The molecule has 3 rings (SSSR count). The molecule has 0 bridgehead atoms. The van der Waals surface area contributed by atoms with Gasteiger partial charge in [0.1, 0.15) is 5.82 Å². The third-order valence-electron chi connectivity index (χ3n) is 4.82. The average molecular weight is 367 g/mol. The van der Waals surface area contributed by atoms with Crippen molar-refractivity contribution in [3.63, 3.8) is 0 Å². The van der Waals surface area contributed by atoms with Gasteiger partial charge in [0.05, 0.1) is 0 Å². The topological polar surface area (TPSA) is 65.4 Å². The quantitative estimate of drug-likeness (QED) is 0.608. The van der Waals surface area contributed by atoms with Crippen LogP contribution in [0.4, 0.5) is 5.82 Å². The molecule has 6 heteroatoms. The van der Waals surface area contributed by atoms with E-state index in [2.05, 4.69) is 42.6 Å². The van der Waals surface area contributed by atoms with E-state index >= 15 is 0 Å². The lowest BCUT2D eigenvalue weighted by Crippen LogP contribution is -2.38. The van der Waals surface area contributed by atoms with Crippen LogP contribution in [0.2, 0.25) is 0 Å². The van der Waals surface area contributed by atoms with Gasteiger partial charge in [0.2, 0.25) is 0 Å². The Morgan fingerprint density at radius 3 is 2.63 bits per heavy atom. The predicted molar refractivity (Wildman–Crippen MR) is 111 cm³/mol. The summed E-state index contributed by atoms with van der Waals surface area (Å²) < 4.78 is 0. The minimum absolute atomic E-state index is 0.729. The molecule has 2 N–H and O–H groups in total. The Kier molecular flexibility index (Phi) is 7.45. The molecule has 6 nitrogen and oxygen atoms in total. The van der Waals surface area contributed by atoms with Crippen LogP contribution >= 0.6 is 0 Å². The number of aliphatic imine (C=N–C) groups is 1. The van der Waals surface area contributed by atoms with Gasteiger partial charge >= 0.3 is 0 Å². The van der Waals surface area contributed by atoms with Crippen LogP contribution in [-0.2, 0) is 13.0 Å². The molecule has 27 heavy (non-hydrogen) atoms. The third kappa shape index (κ3) is 6.24. The van der Waals surface area contributed by atoms with E-state index in [1.807, 2.05) is 30.6 Å². The van der Waals surface area contributed by atoms with E-state index in [0.29, 0.717) is 0 Å².